The van der Waals surface area contributed by atoms with Gasteiger partial charge in [0.2, 0.25) is 0 Å². The van der Waals surface area contributed by atoms with Gasteiger partial charge in [-0.25, -0.2) is 0 Å². The van der Waals surface area contributed by atoms with E-state index in [0.29, 0.717) is 5.54 Å². The molecule has 1 saturated carbocycles. The van der Waals surface area contributed by atoms with Gasteiger partial charge < -0.3 is 10.2 Å². The molecule has 2 rings (SSSR count). The summed E-state index contributed by atoms with van der Waals surface area (Å²) in [4.78, 5) is 7.28. The maximum Gasteiger partial charge on any atom is 0.157 e. The summed E-state index contributed by atoms with van der Waals surface area (Å²) in [6.45, 7) is 11.2. The van der Waals surface area contributed by atoms with E-state index in [1.807, 2.05) is 11.8 Å². The zero-order valence-electron chi connectivity index (χ0n) is 13.5. The second-order valence-electron chi connectivity index (χ2n) is 6.50. The van der Waals surface area contributed by atoms with Crippen molar-refractivity contribution in [1.29, 1.82) is 0 Å². The van der Waals surface area contributed by atoms with E-state index in [2.05, 4.69) is 31.0 Å². The standard InChI is InChI=1S/C16H31N3S/c1-4-11-19(5-2)12-10-17-15-18-16(13-20-15)8-6-14(3)7-9-16/h14H,4-13H2,1-3H3,(H,17,18). The van der Waals surface area contributed by atoms with Crippen LogP contribution in [0, 0.1) is 5.92 Å². The summed E-state index contributed by atoms with van der Waals surface area (Å²) in [5.41, 5.74) is 0.379. The van der Waals surface area contributed by atoms with Gasteiger partial charge in [-0.15, -0.1) is 0 Å². The first-order valence-electron chi connectivity index (χ1n) is 8.35. The first-order valence-corrected chi connectivity index (χ1v) is 9.34. The molecule has 2 fully saturated rings. The number of thioether (sulfide) groups is 1. The molecule has 4 heteroatoms. The molecule has 0 aromatic carbocycles. The van der Waals surface area contributed by atoms with Crippen molar-refractivity contribution < 1.29 is 0 Å². The highest BCUT2D eigenvalue weighted by Crippen LogP contribution is 2.38. The van der Waals surface area contributed by atoms with Crippen LogP contribution in [0.1, 0.15) is 52.9 Å². The van der Waals surface area contributed by atoms with Crippen molar-refractivity contribution >= 4 is 16.9 Å². The number of amidine groups is 1. The van der Waals surface area contributed by atoms with Crippen LogP contribution in [0.25, 0.3) is 0 Å². The second-order valence-corrected chi connectivity index (χ2v) is 7.46. The van der Waals surface area contributed by atoms with Gasteiger partial charge >= 0.3 is 0 Å². The van der Waals surface area contributed by atoms with Crippen LogP contribution in [0.3, 0.4) is 0 Å². The molecule has 2 aliphatic rings. The molecule has 0 bridgehead atoms. The minimum absolute atomic E-state index is 0.379. The minimum atomic E-state index is 0.379. The number of hydrogen-bond acceptors (Lipinski definition) is 3. The van der Waals surface area contributed by atoms with Crippen LogP contribution in [0.4, 0.5) is 0 Å². The molecule has 0 aromatic rings. The third kappa shape index (κ3) is 4.39. The van der Waals surface area contributed by atoms with Crippen LogP contribution >= 0.6 is 11.8 Å². The van der Waals surface area contributed by atoms with E-state index in [-0.39, 0.29) is 0 Å². The highest BCUT2D eigenvalue weighted by Gasteiger charge is 2.39. The Balaban J connectivity index is 1.76. The minimum Gasteiger partial charge on any atom is -0.359 e. The maximum atomic E-state index is 4.79. The van der Waals surface area contributed by atoms with Crippen molar-refractivity contribution in [2.24, 2.45) is 10.9 Å². The average molecular weight is 298 g/mol. The summed E-state index contributed by atoms with van der Waals surface area (Å²) in [5.74, 6) is 2.14. The molecule has 1 aliphatic heterocycles. The maximum absolute atomic E-state index is 4.79. The van der Waals surface area contributed by atoms with Crippen LogP contribution in [0.15, 0.2) is 4.99 Å². The number of aliphatic imine (C=N–C) groups is 1. The van der Waals surface area contributed by atoms with Gasteiger partial charge in [0, 0.05) is 17.8 Å². The fourth-order valence-corrected chi connectivity index (χ4v) is 4.46. The Kier molecular flexibility index (Phi) is 6.21. The highest BCUT2D eigenvalue weighted by atomic mass is 32.2. The molecule has 0 atom stereocenters. The van der Waals surface area contributed by atoms with E-state index in [1.54, 1.807) is 0 Å². The summed E-state index contributed by atoms with van der Waals surface area (Å²) >= 11 is 1.94. The summed E-state index contributed by atoms with van der Waals surface area (Å²) in [7, 11) is 0. The van der Waals surface area contributed by atoms with Gasteiger partial charge in [0.05, 0.1) is 6.54 Å². The third-order valence-corrected chi connectivity index (χ3v) is 5.95. The number of nitrogens with zero attached hydrogens (tertiary/aromatic N) is 2. The fourth-order valence-electron chi connectivity index (χ4n) is 3.21. The Labute approximate surface area is 129 Å². The van der Waals surface area contributed by atoms with Crippen LogP contribution in [0.5, 0.6) is 0 Å². The summed E-state index contributed by atoms with van der Waals surface area (Å²) in [5, 5.41) is 4.95. The number of rotatable bonds is 6. The monoisotopic (exact) mass is 297 g/mol. The summed E-state index contributed by atoms with van der Waals surface area (Å²) < 4.78 is 0. The van der Waals surface area contributed by atoms with Gasteiger partial charge in [-0.3, -0.25) is 4.99 Å². The fraction of sp³-hybridized carbons (Fsp3) is 0.938. The Morgan fingerprint density at radius 2 is 2.05 bits per heavy atom. The van der Waals surface area contributed by atoms with Crippen LogP contribution < -0.4 is 5.32 Å². The highest BCUT2D eigenvalue weighted by molar-refractivity contribution is 8.14. The number of likely N-dealkylation sites (N-methyl/N-ethyl adjacent to an activating group) is 1. The lowest BCUT2D eigenvalue weighted by Gasteiger charge is -2.35. The molecule has 0 radical (unpaired) electrons. The van der Waals surface area contributed by atoms with Crippen molar-refractivity contribution in [3.05, 3.63) is 0 Å². The molecule has 1 spiro atoms. The van der Waals surface area contributed by atoms with E-state index in [0.717, 1.165) is 25.6 Å². The first-order chi connectivity index (χ1) is 9.67. The summed E-state index contributed by atoms with van der Waals surface area (Å²) in [6.07, 6.45) is 6.65. The first kappa shape index (κ1) is 16.2. The van der Waals surface area contributed by atoms with E-state index in [9.17, 15) is 0 Å². The van der Waals surface area contributed by atoms with Gasteiger partial charge in [0.15, 0.2) is 5.17 Å². The topological polar surface area (TPSA) is 27.6 Å². The lowest BCUT2D eigenvalue weighted by molar-refractivity contribution is 0.250. The molecule has 3 nitrogen and oxygen atoms in total. The molecule has 20 heavy (non-hydrogen) atoms. The molecule has 1 aliphatic carbocycles. The normalized spacial score (nSPS) is 32.2. The van der Waals surface area contributed by atoms with E-state index < -0.39 is 0 Å². The SMILES string of the molecule is CCCN(CC)CCN=C1NC2(CCC(C)CC2)CS1. The number of nitrogens with one attached hydrogen (secondary N) is 1. The van der Waals surface area contributed by atoms with Crippen LogP contribution in [-0.2, 0) is 0 Å². The number of hydrogen-bond donors (Lipinski definition) is 1. The van der Waals surface area contributed by atoms with Crippen molar-refractivity contribution in [2.75, 3.05) is 31.9 Å². The Bertz CT molecular complexity index is 322. The second kappa shape index (κ2) is 7.69. The van der Waals surface area contributed by atoms with Crippen molar-refractivity contribution in [1.82, 2.24) is 10.2 Å². The Morgan fingerprint density at radius 1 is 1.30 bits per heavy atom. The van der Waals surface area contributed by atoms with Gasteiger partial charge in [-0.1, -0.05) is 32.5 Å². The molecule has 0 aromatic heterocycles. The Morgan fingerprint density at radius 3 is 2.70 bits per heavy atom. The van der Waals surface area contributed by atoms with E-state index >= 15 is 0 Å². The zero-order valence-corrected chi connectivity index (χ0v) is 14.3. The predicted molar refractivity (Wildman–Crippen MR) is 90.7 cm³/mol. The summed E-state index contributed by atoms with van der Waals surface area (Å²) in [6, 6.07) is 0. The average Bonchev–Trinajstić information content (AvgIpc) is 2.85. The third-order valence-electron chi connectivity index (χ3n) is 4.75. The molecular weight excluding hydrogens is 266 g/mol. The van der Waals surface area contributed by atoms with Gasteiger partial charge in [0.25, 0.3) is 0 Å². The zero-order chi connectivity index (χ0) is 14.4. The molecule has 0 amide bonds. The van der Waals surface area contributed by atoms with Crippen molar-refractivity contribution in [2.45, 2.75) is 58.4 Å². The molecular formula is C16H31N3S. The van der Waals surface area contributed by atoms with Gasteiger partial charge in [-0.2, -0.15) is 0 Å². The van der Waals surface area contributed by atoms with Crippen molar-refractivity contribution in [3.63, 3.8) is 0 Å². The lowest BCUT2D eigenvalue weighted by Crippen LogP contribution is -2.46. The molecule has 116 valence electrons. The van der Waals surface area contributed by atoms with E-state index in [4.69, 9.17) is 4.99 Å². The van der Waals surface area contributed by atoms with Crippen LogP contribution in [0.2, 0.25) is 0 Å². The quantitative estimate of drug-likeness (QED) is 0.814. The van der Waals surface area contributed by atoms with Crippen molar-refractivity contribution in [3.8, 4) is 0 Å². The largest absolute Gasteiger partial charge is 0.359 e. The van der Waals surface area contributed by atoms with Gasteiger partial charge in [-0.05, 0) is 51.1 Å². The molecule has 1 heterocycles. The lowest BCUT2D eigenvalue weighted by atomic mass is 9.78. The molecule has 1 saturated heterocycles. The van der Waals surface area contributed by atoms with E-state index in [1.165, 1.54) is 49.6 Å². The molecule has 0 unspecified atom stereocenters. The predicted octanol–water partition coefficient (Wildman–Crippen LogP) is 3.36. The van der Waals surface area contributed by atoms with Crippen LogP contribution in [-0.4, -0.2) is 47.5 Å². The Hall–Kier alpha value is -0.220. The molecule has 1 N–H and O–H groups in total. The van der Waals surface area contributed by atoms with Gasteiger partial charge in [0.1, 0.15) is 0 Å². The smallest absolute Gasteiger partial charge is 0.157 e.